The average Bonchev–Trinajstić information content (AvgIpc) is 2.77. The summed E-state index contributed by atoms with van der Waals surface area (Å²) in [4.78, 5) is 28.3. The number of benzene rings is 2. The number of hydrogen-bond acceptors (Lipinski definition) is 4. The van der Waals surface area contributed by atoms with Crippen LogP contribution >= 0.6 is 35.7 Å². The molecule has 0 saturated carbocycles. The van der Waals surface area contributed by atoms with E-state index in [1.165, 1.54) is 12.1 Å². The van der Waals surface area contributed by atoms with Gasteiger partial charge in [0, 0.05) is 23.5 Å². The number of aliphatic imine (C=N–C) groups is 1. The molecule has 32 heavy (non-hydrogen) atoms. The summed E-state index contributed by atoms with van der Waals surface area (Å²) >= 11 is 1.69. The lowest BCUT2D eigenvalue weighted by atomic mass is 10.1. The number of carbonyl (C=O) groups is 2. The first-order chi connectivity index (χ1) is 15.0. The number of nitrogens with two attached hydrogens (primary N) is 1. The van der Waals surface area contributed by atoms with Crippen molar-refractivity contribution in [1.82, 2.24) is 16.0 Å². The van der Waals surface area contributed by atoms with Crippen molar-refractivity contribution in [2.24, 2.45) is 10.7 Å². The molecule has 7 nitrogen and oxygen atoms in total. The molecule has 0 aromatic heterocycles. The van der Waals surface area contributed by atoms with Gasteiger partial charge < -0.3 is 21.7 Å². The Morgan fingerprint density at radius 3 is 2.34 bits per heavy atom. The largest absolute Gasteiger partial charge is 0.368 e. The van der Waals surface area contributed by atoms with E-state index in [1.807, 2.05) is 19.1 Å². The number of halogens is 2. The molecule has 0 aliphatic heterocycles. The Hall–Kier alpha value is -2.34. The molecule has 0 aliphatic rings. The number of primary amides is 1. The summed E-state index contributed by atoms with van der Waals surface area (Å²) in [6, 6.07) is 13.5. The SMILES string of the molecule is CCNC(=NCc1ccc(C(=O)NCC(N)=O)cc1)NCCCSc1ccc(F)cc1.I. The number of carbonyl (C=O) groups excluding carboxylic acids is 2. The van der Waals surface area contributed by atoms with Crippen molar-refractivity contribution < 1.29 is 14.0 Å². The molecular weight excluding hydrogens is 544 g/mol. The van der Waals surface area contributed by atoms with Crippen LogP contribution in [0.5, 0.6) is 0 Å². The third kappa shape index (κ3) is 10.8. The van der Waals surface area contributed by atoms with E-state index >= 15 is 0 Å². The summed E-state index contributed by atoms with van der Waals surface area (Å²) in [5.74, 6) is 0.479. The smallest absolute Gasteiger partial charge is 0.251 e. The second-order valence-corrected chi connectivity index (χ2v) is 7.79. The fourth-order valence-corrected chi connectivity index (χ4v) is 3.40. The van der Waals surface area contributed by atoms with Gasteiger partial charge >= 0.3 is 0 Å². The van der Waals surface area contributed by atoms with Gasteiger partial charge in [0.25, 0.3) is 5.91 Å². The van der Waals surface area contributed by atoms with E-state index in [0.29, 0.717) is 12.1 Å². The first kappa shape index (κ1) is 27.7. The van der Waals surface area contributed by atoms with Crippen LogP contribution in [0.15, 0.2) is 58.4 Å². The number of thioether (sulfide) groups is 1. The molecule has 0 atom stereocenters. The number of nitrogens with zero attached hydrogens (tertiary/aromatic N) is 1. The van der Waals surface area contributed by atoms with Crippen LogP contribution in [0.2, 0.25) is 0 Å². The molecule has 10 heteroatoms. The van der Waals surface area contributed by atoms with Gasteiger partial charge in [-0.2, -0.15) is 0 Å². The number of amides is 2. The summed E-state index contributed by atoms with van der Waals surface area (Å²) in [6.07, 6.45) is 0.932. The van der Waals surface area contributed by atoms with Crippen LogP contribution in [0.1, 0.15) is 29.3 Å². The van der Waals surface area contributed by atoms with Crippen molar-refractivity contribution in [2.45, 2.75) is 24.8 Å². The first-order valence-electron chi connectivity index (χ1n) is 10.0. The van der Waals surface area contributed by atoms with E-state index in [4.69, 9.17) is 5.73 Å². The second kappa shape index (κ2) is 15.5. The predicted molar refractivity (Wildman–Crippen MR) is 138 cm³/mol. The van der Waals surface area contributed by atoms with Crippen molar-refractivity contribution in [3.63, 3.8) is 0 Å². The maximum Gasteiger partial charge on any atom is 0.251 e. The van der Waals surface area contributed by atoms with E-state index < -0.39 is 5.91 Å². The predicted octanol–water partition coefficient (Wildman–Crippen LogP) is 2.90. The zero-order valence-electron chi connectivity index (χ0n) is 17.9. The molecule has 0 saturated heterocycles. The van der Waals surface area contributed by atoms with Crippen LogP contribution in [0, 0.1) is 5.82 Å². The lowest BCUT2D eigenvalue weighted by Gasteiger charge is -2.11. The van der Waals surface area contributed by atoms with Gasteiger partial charge in [-0.3, -0.25) is 9.59 Å². The third-order valence-electron chi connectivity index (χ3n) is 4.10. The molecule has 5 N–H and O–H groups in total. The van der Waals surface area contributed by atoms with Gasteiger partial charge in [-0.25, -0.2) is 9.38 Å². The number of rotatable bonds is 11. The molecule has 2 amide bonds. The van der Waals surface area contributed by atoms with Gasteiger partial charge in [0.05, 0.1) is 13.1 Å². The lowest BCUT2D eigenvalue weighted by Crippen LogP contribution is -2.37. The number of nitrogens with one attached hydrogen (secondary N) is 3. The summed E-state index contributed by atoms with van der Waals surface area (Å²) in [5.41, 5.74) is 6.43. The highest BCUT2D eigenvalue weighted by Crippen LogP contribution is 2.18. The first-order valence-corrected chi connectivity index (χ1v) is 11.0. The Kier molecular flexibility index (Phi) is 13.4. The third-order valence-corrected chi connectivity index (χ3v) is 5.20. The van der Waals surface area contributed by atoms with E-state index in [0.717, 1.165) is 41.7 Å². The average molecular weight is 573 g/mol. The van der Waals surface area contributed by atoms with Gasteiger partial charge in [0.2, 0.25) is 5.91 Å². The highest BCUT2D eigenvalue weighted by atomic mass is 127. The highest BCUT2D eigenvalue weighted by Gasteiger charge is 2.06. The fraction of sp³-hybridized carbons (Fsp3) is 0.318. The molecule has 0 spiro atoms. The molecule has 0 unspecified atom stereocenters. The van der Waals surface area contributed by atoms with Crippen molar-refractivity contribution in [1.29, 1.82) is 0 Å². The summed E-state index contributed by atoms with van der Waals surface area (Å²) in [7, 11) is 0. The minimum Gasteiger partial charge on any atom is -0.368 e. The van der Waals surface area contributed by atoms with E-state index in [1.54, 1.807) is 36.0 Å². The van der Waals surface area contributed by atoms with Crippen LogP contribution in [0.3, 0.4) is 0 Å². The zero-order chi connectivity index (χ0) is 22.5. The summed E-state index contributed by atoms with van der Waals surface area (Å²) in [5, 5.41) is 8.96. The van der Waals surface area contributed by atoms with Crippen molar-refractivity contribution in [2.75, 3.05) is 25.4 Å². The Balaban J connectivity index is 0.00000512. The number of guanidine groups is 1. The minimum absolute atomic E-state index is 0. The molecule has 0 heterocycles. The molecule has 0 fully saturated rings. The minimum atomic E-state index is -0.586. The fourth-order valence-electron chi connectivity index (χ4n) is 2.54. The van der Waals surface area contributed by atoms with Gasteiger partial charge in [-0.1, -0.05) is 12.1 Å². The van der Waals surface area contributed by atoms with Gasteiger partial charge in [-0.05, 0) is 61.1 Å². The molecule has 0 aliphatic carbocycles. The topological polar surface area (TPSA) is 109 Å². The van der Waals surface area contributed by atoms with Crippen molar-refractivity contribution in [3.05, 3.63) is 65.5 Å². The monoisotopic (exact) mass is 573 g/mol. The zero-order valence-corrected chi connectivity index (χ0v) is 21.0. The maximum atomic E-state index is 12.9. The van der Waals surface area contributed by atoms with Crippen LogP contribution in [0.25, 0.3) is 0 Å². The van der Waals surface area contributed by atoms with E-state index in [9.17, 15) is 14.0 Å². The molecule has 0 radical (unpaired) electrons. The maximum absolute atomic E-state index is 12.9. The molecule has 0 bridgehead atoms. The Morgan fingerprint density at radius 1 is 1.03 bits per heavy atom. The Morgan fingerprint density at radius 2 is 1.72 bits per heavy atom. The molecule has 2 rings (SSSR count). The van der Waals surface area contributed by atoms with Gasteiger partial charge in [-0.15, -0.1) is 35.7 Å². The van der Waals surface area contributed by atoms with Gasteiger partial charge in [0.1, 0.15) is 5.82 Å². The molecular formula is C22H29FIN5O2S. The van der Waals surface area contributed by atoms with Crippen molar-refractivity contribution >= 4 is 53.5 Å². The quantitative estimate of drug-likeness (QED) is 0.109. The lowest BCUT2D eigenvalue weighted by molar-refractivity contribution is -0.117. The molecule has 2 aromatic rings. The summed E-state index contributed by atoms with van der Waals surface area (Å²) in [6.45, 7) is 3.78. The Labute approximate surface area is 209 Å². The van der Waals surface area contributed by atoms with Crippen LogP contribution in [-0.4, -0.2) is 43.2 Å². The standard InChI is InChI=1S/C22H28FN5O2S.HI/c1-2-25-22(26-12-3-13-31-19-10-8-18(23)9-11-19)28-14-16-4-6-17(7-5-16)21(30)27-15-20(24)29;/h4-11H,2-3,12-15H2,1H3,(H2,24,29)(H,27,30)(H2,25,26,28);1H. The van der Waals surface area contributed by atoms with E-state index in [2.05, 4.69) is 20.9 Å². The van der Waals surface area contributed by atoms with E-state index in [-0.39, 0.29) is 42.2 Å². The molecule has 2 aromatic carbocycles. The normalized spacial score (nSPS) is 10.8. The van der Waals surface area contributed by atoms with Gasteiger partial charge in [0.15, 0.2) is 5.96 Å². The van der Waals surface area contributed by atoms with Crippen LogP contribution in [-0.2, 0) is 11.3 Å². The highest BCUT2D eigenvalue weighted by molar-refractivity contribution is 14.0. The van der Waals surface area contributed by atoms with Crippen LogP contribution in [0.4, 0.5) is 4.39 Å². The van der Waals surface area contributed by atoms with Crippen LogP contribution < -0.4 is 21.7 Å². The Bertz CT molecular complexity index is 879. The summed E-state index contributed by atoms with van der Waals surface area (Å²) < 4.78 is 12.9. The molecule has 174 valence electrons. The number of hydrogen-bond donors (Lipinski definition) is 4. The second-order valence-electron chi connectivity index (χ2n) is 6.62. The van der Waals surface area contributed by atoms with Crippen molar-refractivity contribution in [3.8, 4) is 0 Å².